The summed E-state index contributed by atoms with van der Waals surface area (Å²) in [6, 6.07) is 2.55. The fourth-order valence-electron chi connectivity index (χ4n) is 3.66. The molecule has 9 N–H and O–H groups in total. The van der Waals surface area contributed by atoms with Crippen LogP contribution < -0.4 is 37.5 Å². The molecular weight excluding hydrogens is 618 g/mol. The third-order valence-corrected chi connectivity index (χ3v) is 5.72. The molecule has 47 heavy (non-hydrogen) atoms. The van der Waals surface area contributed by atoms with Crippen molar-refractivity contribution in [2.75, 3.05) is 13.1 Å². The van der Waals surface area contributed by atoms with E-state index in [1.54, 1.807) is 53.7 Å². The van der Waals surface area contributed by atoms with E-state index >= 15 is 0 Å². The van der Waals surface area contributed by atoms with Gasteiger partial charge in [-0.2, -0.15) is 0 Å². The number of amides is 4. The van der Waals surface area contributed by atoms with Gasteiger partial charge in [0.2, 0.25) is 17.7 Å². The number of alkyl carbamates (subject to hydrolysis) is 1. The number of rotatable bonds is 15. The number of benzene rings is 1. The minimum absolute atomic E-state index is 0.0334. The Kier molecular flexibility index (Phi) is 15.4. The predicted octanol–water partition coefficient (Wildman–Crippen LogP) is 0.680. The molecule has 0 bridgehead atoms. The zero-order valence-electron chi connectivity index (χ0n) is 27.8. The van der Waals surface area contributed by atoms with E-state index in [2.05, 4.69) is 26.3 Å². The molecule has 262 valence electrons. The fraction of sp³-hybridized carbons (Fsp3) is 0.567. The summed E-state index contributed by atoms with van der Waals surface area (Å²) >= 11 is 0. The Morgan fingerprint density at radius 3 is 1.98 bits per heavy atom. The van der Waals surface area contributed by atoms with E-state index in [1.807, 2.05) is 0 Å². The number of carboxylic acids is 1. The number of nitrogens with zero attached hydrogens (tertiary/aromatic N) is 1. The van der Waals surface area contributed by atoms with Gasteiger partial charge in [0.05, 0.1) is 6.54 Å². The number of nitrogens with two attached hydrogens (primary N) is 2. The van der Waals surface area contributed by atoms with Gasteiger partial charge in [-0.25, -0.2) is 14.4 Å². The van der Waals surface area contributed by atoms with Crippen LogP contribution in [0.4, 0.5) is 9.59 Å². The van der Waals surface area contributed by atoms with E-state index in [0.29, 0.717) is 5.56 Å². The van der Waals surface area contributed by atoms with Gasteiger partial charge in [-0.1, -0.05) is 12.1 Å². The van der Waals surface area contributed by atoms with Crippen LogP contribution in [0, 0.1) is 0 Å². The van der Waals surface area contributed by atoms with Crippen LogP contribution in [0.15, 0.2) is 29.3 Å². The lowest BCUT2D eigenvalue weighted by Gasteiger charge is -2.24. The Morgan fingerprint density at radius 1 is 0.851 bits per heavy atom. The molecule has 1 aromatic rings. The molecule has 1 rings (SSSR count). The molecule has 17 heteroatoms. The molecule has 0 spiro atoms. The van der Waals surface area contributed by atoms with Gasteiger partial charge in [0, 0.05) is 13.0 Å². The first-order valence-corrected chi connectivity index (χ1v) is 14.8. The predicted molar refractivity (Wildman–Crippen MR) is 170 cm³/mol. The first-order chi connectivity index (χ1) is 21.6. The summed E-state index contributed by atoms with van der Waals surface area (Å²) in [4.78, 5) is 77.9. The Morgan fingerprint density at radius 2 is 1.45 bits per heavy atom. The van der Waals surface area contributed by atoms with E-state index < -0.39 is 71.8 Å². The van der Waals surface area contributed by atoms with Gasteiger partial charge in [0.15, 0.2) is 5.96 Å². The highest BCUT2D eigenvalue weighted by atomic mass is 16.7. The minimum Gasteiger partial charge on any atom is -0.480 e. The Hall–Kier alpha value is -5.09. The van der Waals surface area contributed by atoms with E-state index in [4.69, 9.17) is 25.7 Å². The molecule has 4 amide bonds. The zero-order chi connectivity index (χ0) is 35.9. The molecular formula is C30H47N7O10. The first kappa shape index (κ1) is 39.9. The van der Waals surface area contributed by atoms with Crippen molar-refractivity contribution in [1.82, 2.24) is 21.3 Å². The minimum atomic E-state index is -1.27. The van der Waals surface area contributed by atoms with Crippen LogP contribution in [0.1, 0.15) is 66.9 Å². The van der Waals surface area contributed by atoms with Crippen LogP contribution in [-0.2, 0) is 35.1 Å². The summed E-state index contributed by atoms with van der Waals surface area (Å²) in [6.45, 7) is 11.0. The lowest BCUT2D eigenvalue weighted by Crippen LogP contribution is -2.55. The molecule has 0 aromatic heterocycles. The lowest BCUT2D eigenvalue weighted by molar-refractivity contribution is -0.142. The number of hydrogen-bond donors (Lipinski definition) is 7. The zero-order valence-corrected chi connectivity index (χ0v) is 27.8. The lowest BCUT2D eigenvalue weighted by atomic mass is 10.0. The Balaban J connectivity index is 2.85. The molecule has 0 fully saturated rings. The Labute approximate surface area is 273 Å². The average molecular weight is 666 g/mol. The number of carboxylic acid groups (broad SMARTS) is 1. The summed E-state index contributed by atoms with van der Waals surface area (Å²) in [5.74, 6) is -3.47. The number of carbonyl (C=O) groups excluding carboxylic acids is 5. The topological polar surface area (TPSA) is 263 Å². The third kappa shape index (κ3) is 17.8. The van der Waals surface area contributed by atoms with Gasteiger partial charge >= 0.3 is 18.2 Å². The molecule has 0 aliphatic carbocycles. The number of aliphatic imine (C=N–C) groups is 1. The third-order valence-electron chi connectivity index (χ3n) is 5.72. The maximum atomic E-state index is 13.2. The smallest absolute Gasteiger partial charge is 0.480 e. The van der Waals surface area contributed by atoms with Gasteiger partial charge in [-0.05, 0) is 79.0 Å². The first-order valence-electron chi connectivity index (χ1n) is 14.8. The van der Waals surface area contributed by atoms with Gasteiger partial charge in [0.25, 0.3) is 0 Å². The molecule has 0 saturated heterocycles. The van der Waals surface area contributed by atoms with Crippen molar-refractivity contribution in [3.05, 3.63) is 29.8 Å². The second-order valence-electron chi connectivity index (χ2n) is 12.5. The van der Waals surface area contributed by atoms with Crippen LogP contribution in [0.2, 0.25) is 0 Å². The highest BCUT2D eigenvalue weighted by Crippen LogP contribution is 2.17. The second-order valence-corrected chi connectivity index (χ2v) is 12.5. The number of aliphatic carboxylic acids is 1. The number of guanidine groups is 1. The van der Waals surface area contributed by atoms with Crippen LogP contribution in [0.3, 0.4) is 0 Å². The van der Waals surface area contributed by atoms with Gasteiger partial charge < -0.3 is 52.1 Å². The molecule has 0 heterocycles. The van der Waals surface area contributed by atoms with E-state index in [1.165, 1.54) is 19.1 Å². The van der Waals surface area contributed by atoms with Crippen LogP contribution in [0.5, 0.6) is 5.75 Å². The van der Waals surface area contributed by atoms with Crippen molar-refractivity contribution in [3.63, 3.8) is 0 Å². The van der Waals surface area contributed by atoms with E-state index in [-0.39, 0.29) is 37.5 Å². The molecule has 0 radical (unpaired) electrons. The molecule has 3 atom stereocenters. The molecule has 0 aliphatic heterocycles. The maximum absolute atomic E-state index is 13.2. The normalized spacial score (nSPS) is 13.1. The highest BCUT2D eigenvalue weighted by molar-refractivity contribution is 5.93. The van der Waals surface area contributed by atoms with Gasteiger partial charge in [0.1, 0.15) is 35.1 Å². The number of ether oxygens (including phenoxy) is 3. The van der Waals surface area contributed by atoms with Gasteiger partial charge in [-0.3, -0.25) is 19.4 Å². The molecule has 1 aromatic carbocycles. The van der Waals surface area contributed by atoms with Crippen molar-refractivity contribution >= 4 is 41.9 Å². The maximum Gasteiger partial charge on any atom is 0.514 e. The van der Waals surface area contributed by atoms with Crippen molar-refractivity contribution in [2.24, 2.45) is 16.5 Å². The summed E-state index contributed by atoms with van der Waals surface area (Å²) in [6.07, 6.45) is -1.46. The Bertz CT molecular complexity index is 1280. The van der Waals surface area contributed by atoms with Gasteiger partial charge in [-0.15, -0.1) is 0 Å². The van der Waals surface area contributed by atoms with Crippen molar-refractivity contribution in [3.8, 4) is 5.75 Å². The number of carbonyl (C=O) groups is 6. The summed E-state index contributed by atoms with van der Waals surface area (Å²) in [7, 11) is 0. The van der Waals surface area contributed by atoms with E-state index in [0.717, 1.165) is 0 Å². The summed E-state index contributed by atoms with van der Waals surface area (Å²) < 4.78 is 15.6. The van der Waals surface area contributed by atoms with Crippen LogP contribution in [0.25, 0.3) is 0 Å². The monoisotopic (exact) mass is 665 g/mol. The second kappa shape index (κ2) is 18.2. The van der Waals surface area contributed by atoms with Crippen LogP contribution in [-0.4, -0.2) is 89.4 Å². The number of nitrogens with one attached hydrogen (secondary N) is 4. The number of hydrogen-bond acceptors (Lipinski definition) is 10. The summed E-state index contributed by atoms with van der Waals surface area (Å²) in [5, 5.41) is 19.0. The van der Waals surface area contributed by atoms with Crippen molar-refractivity contribution in [1.29, 1.82) is 0 Å². The largest absolute Gasteiger partial charge is 0.514 e. The standard InChI is InChI=1S/C30H47N7O10/c1-17(23(39)34-16-22(38)36-20(25(41)42)9-8-14-33-26(31)32)35-24(40)21(37-27(43)46-29(2,3)4)15-18-10-12-19(13-11-18)45-28(44)47-30(5,6)7/h10-13,17,20-21H,8-9,14-16H2,1-7H3,(H,34,39)(H,35,40)(H,36,38)(H,37,43)(H,41,42)(H4,31,32,33)/t17-,20+,21+/m0/s1. The average Bonchev–Trinajstić information content (AvgIpc) is 2.91. The van der Waals surface area contributed by atoms with E-state index in [9.17, 15) is 33.9 Å². The highest BCUT2D eigenvalue weighted by Gasteiger charge is 2.28. The van der Waals surface area contributed by atoms with Crippen LogP contribution >= 0.6 is 0 Å². The quantitative estimate of drug-likeness (QED) is 0.0448. The SMILES string of the molecule is C[C@H](NC(=O)[C@@H](Cc1ccc(OC(=O)OC(C)(C)C)cc1)NC(=O)OC(C)(C)C)C(=O)NCC(=O)N[C@H](CCCN=C(N)N)C(=O)O. The molecule has 0 unspecified atom stereocenters. The fourth-order valence-corrected chi connectivity index (χ4v) is 3.66. The molecule has 17 nitrogen and oxygen atoms in total. The molecule has 0 aliphatic rings. The molecule has 0 saturated carbocycles. The summed E-state index contributed by atoms with van der Waals surface area (Å²) in [5.41, 5.74) is 9.43. The van der Waals surface area contributed by atoms with Crippen molar-refractivity contribution in [2.45, 2.75) is 97.1 Å². The van der Waals surface area contributed by atoms with Crippen molar-refractivity contribution < 1.29 is 48.1 Å².